The van der Waals surface area contributed by atoms with Crippen LogP contribution in [-0.2, 0) is 0 Å². The average Bonchev–Trinajstić information content (AvgIpc) is 2.61. The minimum Gasteiger partial charge on any atom is -0.287 e. The fraction of sp³-hybridized carbons (Fsp3) is 0.833. The third kappa shape index (κ3) is 6.98. The van der Waals surface area contributed by atoms with Gasteiger partial charge in [0, 0.05) is 37.0 Å². The van der Waals surface area contributed by atoms with Gasteiger partial charge in [0.2, 0.25) is 0 Å². The second-order valence-electron chi connectivity index (χ2n) is 8.52. The Morgan fingerprint density at radius 3 is 1.27 bits per heavy atom. The van der Waals surface area contributed by atoms with Crippen LogP contribution in [0.2, 0.25) is 0 Å². The fourth-order valence-corrected chi connectivity index (χ4v) is 4.47. The lowest BCUT2D eigenvalue weighted by Crippen LogP contribution is -2.43. The van der Waals surface area contributed by atoms with Gasteiger partial charge >= 0.3 is 0 Å². The maximum Gasteiger partial charge on any atom is 0.0606 e. The lowest BCUT2D eigenvalue weighted by atomic mass is 9.98. The van der Waals surface area contributed by atoms with Crippen LogP contribution in [0.3, 0.4) is 0 Å². The molecule has 0 aromatic heterocycles. The SMILES string of the molecule is C[C@@H]1CCC[C@H](C)N1CC#CCCCCC#CCN1[C@@H](C)CCC[C@@H]1C. The Hall–Kier alpha value is -0.960. The van der Waals surface area contributed by atoms with E-state index in [1.165, 1.54) is 51.4 Å². The van der Waals surface area contributed by atoms with E-state index in [2.05, 4.69) is 61.2 Å². The van der Waals surface area contributed by atoms with Crippen molar-refractivity contribution in [1.82, 2.24) is 9.80 Å². The molecule has 2 heteroatoms. The maximum absolute atomic E-state index is 3.40. The Balaban J connectivity index is 1.55. The molecule has 0 unspecified atom stereocenters. The van der Waals surface area contributed by atoms with E-state index >= 15 is 0 Å². The molecule has 0 N–H and O–H groups in total. The Kier molecular flexibility index (Phi) is 9.60. The first-order valence-electron chi connectivity index (χ1n) is 11.0. The van der Waals surface area contributed by atoms with Crippen molar-refractivity contribution in [2.24, 2.45) is 0 Å². The molecule has 0 radical (unpaired) electrons. The molecule has 0 amide bonds. The van der Waals surface area contributed by atoms with E-state index in [1.807, 2.05) is 0 Å². The van der Waals surface area contributed by atoms with E-state index in [9.17, 15) is 0 Å². The van der Waals surface area contributed by atoms with Crippen LogP contribution in [-0.4, -0.2) is 47.1 Å². The summed E-state index contributed by atoms with van der Waals surface area (Å²) in [4.78, 5) is 5.15. The number of hydrogen-bond donors (Lipinski definition) is 0. The highest BCUT2D eigenvalue weighted by Gasteiger charge is 2.24. The summed E-state index contributed by atoms with van der Waals surface area (Å²) in [6.07, 6.45) is 12.5. The van der Waals surface area contributed by atoms with E-state index < -0.39 is 0 Å². The average molecular weight is 357 g/mol. The van der Waals surface area contributed by atoms with Crippen molar-refractivity contribution >= 4 is 0 Å². The summed E-state index contributed by atoms with van der Waals surface area (Å²) in [6.45, 7) is 11.3. The second kappa shape index (κ2) is 11.7. The second-order valence-corrected chi connectivity index (χ2v) is 8.52. The van der Waals surface area contributed by atoms with Crippen molar-refractivity contribution in [2.45, 2.75) is 116 Å². The minimum absolute atomic E-state index is 0.702. The van der Waals surface area contributed by atoms with Crippen molar-refractivity contribution in [3.05, 3.63) is 0 Å². The first-order valence-corrected chi connectivity index (χ1v) is 11.0. The quantitative estimate of drug-likeness (QED) is 0.501. The Morgan fingerprint density at radius 2 is 0.923 bits per heavy atom. The van der Waals surface area contributed by atoms with E-state index in [1.54, 1.807) is 0 Å². The van der Waals surface area contributed by atoms with Crippen molar-refractivity contribution in [1.29, 1.82) is 0 Å². The predicted molar refractivity (Wildman–Crippen MR) is 113 cm³/mol. The summed E-state index contributed by atoms with van der Waals surface area (Å²) >= 11 is 0. The van der Waals surface area contributed by atoms with Crippen molar-refractivity contribution in [3.63, 3.8) is 0 Å². The molecule has 2 rings (SSSR count). The summed E-state index contributed by atoms with van der Waals surface area (Å²) < 4.78 is 0. The van der Waals surface area contributed by atoms with Crippen LogP contribution in [0.25, 0.3) is 0 Å². The molecule has 146 valence electrons. The zero-order chi connectivity index (χ0) is 18.8. The summed E-state index contributed by atoms with van der Waals surface area (Å²) in [5, 5.41) is 0. The molecule has 2 aliphatic heterocycles. The zero-order valence-corrected chi connectivity index (χ0v) is 17.7. The van der Waals surface area contributed by atoms with Crippen LogP contribution < -0.4 is 0 Å². The molecule has 0 aromatic rings. The molecular weight excluding hydrogens is 316 g/mol. The number of hydrogen-bond acceptors (Lipinski definition) is 2. The minimum atomic E-state index is 0.702. The Labute approximate surface area is 163 Å². The van der Waals surface area contributed by atoms with E-state index in [0.717, 1.165) is 25.9 Å². The largest absolute Gasteiger partial charge is 0.287 e. The van der Waals surface area contributed by atoms with E-state index in [-0.39, 0.29) is 0 Å². The fourth-order valence-electron chi connectivity index (χ4n) is 4.47. The third-order valence-corrected chi connectivity index (χ3v) is 6.38. The van der Waals surface area contributed by atoms with E-state index in [4.69, 9.17) is 0 Å². The monoisotopic (exact) mass is 356 g/mol. The molecule has 0 spiro atoms. The lowest BCUT2D eigenvalue weighted by Gasteiger charge is -2.37. The zero-order valence-electron chi connectivity index (χ0n) is 17.7. The first kappa shape index (κ1) is 21.3. The molecule has 2 aliphatic rings. The molecule has 0 saturated carbocycles. The van der Waals surface area contributed by atoms with Crippen LogP contribution in [0.5, 0.6) is 0 Å². The maximum atomic E-state index is 3.40. The summed E-state index contributed by atoms with van der Waals surface area (Å²) in [6, 6.07) is 2.81. The number of rotatable bonds is 5. The van der Waals surface area contributed by atoms with Crippen molar-refractivity contribution in [3.8, 4) is 23.7 Å². The van der Waals surface area contributed by atoms with Gasteiger partial charge in [-0.25, -0.2) is 0 Å². The Morgan fingerprint density at radius 1 is 0.577 bits per heavy atom. The summed E-state index contributed by atoms with van der Waals surface area (Å²) in [7, 11) is 0. The highest BCUT2D eigenvalue weighted by molar-refractivity contribution is 5.04. The normalized spacial score (nSPS) is 30.2. The van der Waals surface area contributed by atoms with Crippen LogP contribution in [0, 0.1) is 23.7 Å². The van der Waals surface area contributed by atoms with Gasteiger partial charge < -0.3 is 0 Å². The number of nitrogens with zero attached hydrogens (tertiary/aromatic N) is 2. The summed E-state index contributed by atoms with van der Waals surface area (Å²) in [5.41, 5.74) is 0. The standard InChI is InChI=1S/C24H40N2/c1-21-15-13-16-22(2)25(21)19-11-9-7-5-6-8-10-12-20-26-23(3)17-14-18-24(26)4/h21-24H,5-8,13-20H2,1-4H3/t21-,22-,23-,24+/m0/s1. The predicted octanol–water partition coefficient (Wildman–Crippen LogP) is 5.08. The van der Waals surface area contributed by atoms with Crippen LogP contribution in [0.15, 0.2) is 0 Å². The molecule has 2 heterocycles. The van der Waals surface area contributed by atoms with Crippen LogP contribution in [0.4, 0.5) is 0 Å². The van der Waals surface area contributed by atoms with Gasteiger partial charge in [0.05, 0.1) is 13.1 Å². The molecular formula is C24H40N2. The number of unbranched alkanes of at least 4 members (excludes halogenated alkanes) is 3. The van der Waals surface area contributed by atoms with Gasteiger partial charge in [-0.2, -0.15) is 0 Å². The van der Waals surface area contributed by atoms with Gasteiger partial charge in [0.1, 0.15) is 0 Å². The first-order chi connectivity index (χ1) is 12.6. The van der Waals surface area contributed by atoms with Crippen molar-refractivity contribution in [2.75, 3.05) is 13.1 Å². The van der Waals surface area contributed by atoms with Crippen molar-refractivity contribution < 1.29 is 0 Å². The summed E-state index contributed by atoms with van der Waals surface area (Å²) in [5.74, 6) is 13.6. The van der Waals surface area contributed by atoms with E-state index in [0.29, 0.717) is 24.2 Å². The molecule has 26 heavy (non-hydrogen) atoms. The topological polar surface area (TPSA) is 6.48 Å². The smallest absolute Gasteiger partial charge is 0.0606 e. The van der Waals surface area contributed by atoms with Gasteiger partial charge in [-0.05, 0) is 66.2 Å². The Bertz CT molecular complexity index is 450. The van der Waals surface area contributed by atoms with Crippen LogP contribution >= 0.6 is 0 Å². The van der Waals surface area contributed by atoms with Gasteiger partial charge in [0.25, 0.3) is 0 Å². The van der Waals surface area contributed by atoms with Crippen LogP contribution in [0.1, 0.15) is 91.9 Å². The molecule has 2 saturated heterocycles. The highest BCUT2D eigenvalue weighted by atomic mass is 15.2. The molecule has 2 nitrogen and oxygen atoms in total. The molecule has 0 aromatic carbocycles. The lowest BCUT2D eigenvalue weighted by molar-refractivity contribution is 0.121. The van der Waals surface area contributed by atoms with Gasteiger partial charge in [-0.1, -0.05) is 24.7 Å². The van der Waals surface area contributed by atoms with Gasteiger partial charge in [0.15, 0.2) is 0 Å². The molecule has 4 atom stereocenters. The van der Waals surface area contributed by atoms with Gasteiger partial charge in [-0.15, -0.1) is 11.8 Å². The molecule has 0 aliphatic carbocycles. The molecule has 2 fully saturated rings. The van der Waals surface area contributed by atoms with Gasteiger partial charge in [-0.3, -0.25) is 9.80 Å². The third-order valence-electron chi connectivity index (χ3n) is 6.38. The number of likely N-dealkylation sites (tertiary alicyclic amines) is 2. The molecule has 0 bridgehead atoms. The highest BCUT2D eigenvalue weighted by Crippen LogP contribution is 2.22. The number of piperidine rings is 2.